The van der Waals surface area contributed by atoms with E-state index in [1.807, 2.05) is 13.0 Å². The molecule has 0 bridgehead atoms. The number of hydrogen-bond donors (Lipinski definition) is 0. The Morgan fingerprint density at radius 3 is 2.31 bits per heavy atom. The van der Waals surface area contributed by atoms with Crippen molar-refractivity contribution in [1.82, 2.24) is 0 Å². The topological polar surface area (TPSA) is 18.5 Å². The summed E-state index contributed by atoms with van der Waals surface area (Å²) in [4.78, 5) is 0. The van der Waals surface area contributed by atoms with Crippen LogP contribution in [0.15, 0.2) is 36.4 Å². The van der Waals surface area contributed by atoms with Gasteiger partial charge in [0.05, 0.1) is 6.10 Å². The van der Waals surface area contributed by atoms with Gasteiger partial charge in [0.1, 0.15) is 5.82 Å². The van der Waals surface area contributed by atoms with Crippen molar-refractivity contribution in [3.63, 3.8) is 0 Å². The summed E-state index contributed by atoms with van der Waals surface area (Å²) < 4.78 is 75.4. The highest BCUT2D eigenvalue weighted by atomic mass is 19.4. The van der Waals surface area contributed by atoms with Crippen LogP contribution < -0.4 is 4.74 Å². The van der Waals surface area contributed by atoms with E-state index >= 15 is 0 Å². The second-order valence-corrected chi connectivity index (χ2v) is 8.85. The Morgan fingerprint density at radius 1 is 0.875 bits per heavy atom. The molecule has 0 N–H and O–H groups in total. The van der Waals surface area contributed by atoms with E-state index < -0.39 is 23.7 Å². The summed E-state index contributed by atoms with van der Waals surface area (Å²) in [6.07, 6.45) is 1.83. The van der Waals surface area contributed by atoms with E-state index in [-0.39, 0.29) is 17.0 Å². The lowest BCUT2D eigenvalue weighted by atomic mass is 9.65. The lowest BCUT2D eigenvalue weighted by molar-refractivity contribution is -0.275. The molecule has 4 rings (SSSR count). The van der Waals surface area contributed by atoms with Gasteiger partial charge in [0.25, 0.3) is 0 Å². The van der Waals surface area contributed by atoms with Crippen molar-refractivity contribution in [2.45, 2.75) is 63.8 Å². The molecule has 2 nitrogen and oxygen atoms in total. The van der Waals surface area contributed by atoms with Crippen LogP contribution in [0.25, 0.3) is 11.1 Å². The molecule has 2 aromatic rings. The van der Waals surface area contributed by atoms with Gasteiger partial charge in [-0.3, -0.25) is 0 Å². The molecule has 0 saturated heterocycles. The fraction of sp³-hybridized carbons (Fsp3) is 0.520. The van der Waals surface area contributed by atoms with Crippen LogP contribution in [0.5, 0.6) is 5.75 Å². The summed E-state index contributed by atoms with van der Waals surface area (Å²) in [7, 11) is 0. The quantitative estimate of drug-likeness (QED) is 0.433. The van der Waals surface area contributed by atoms with Gasteiger partial charge in [0.2, 0.25) is 0 Å². The van der Waals surface area contributed by atoms with Gasteiger partial charge in [-0.05, 0) is 92.5 Å². The third kappa shape index (κ3) is 5.25. The van der Waals surface area contributed by atoms with Gasteiger partial charge >= 0.3 is 6.36 Å². The molecular formula is C25H27F5O2. The van der Waals surface area contributed by atoms with Gasteiger partial charge in [0.15, 0.2) is 11.6 Å². The first-order valence-corrected chi connectivity index (χ1v) is 11.2. The predicted molar refractivity (Wildman–Crippen MR) is 111 cm³/mol. The van der Waals surface area contributed by atoms with Gasteiger partial charge < -0.3 is 9.47 Å². The first-order chi connectivity index (χ1) is 15.2. The lowest BCUT2D eigenvalue weighted by Gasteiger charge is -2.42. The Morgan fingerprint density at radius 2 is 1.62 bits per heavy atom. The molecule has 0 radical (unpaired) electrons. The second kappa shape index (κ2) is 9.38. The second-order valence-electron chi connectivity index (χ2n) is 8.85. The van der Waals surface area contributed by atoms with Crippen LogP contribution in [0.2, 0.25) is 0 Å². The molecule has 0 aromatic heterocycles. The molecule has 2 aromatic carbocycles. The summed E-state index contributed by atoms with van der Waals surface area (Å²) in [6, 6.07) is 7.88. The van der Waals surface area contributed by atoms with E-state index in [4.69, 9.17) is 4.74 Å². The van der Waals surface area contributed by atoms with Gasteiger partial charge in [-0.25, -0.2) is 8.78 Å². The molecule has 0 amide bonds. The first kappa shape index (κ1) is 23.0. The minimum Gasteiger partial charge on any atom is -0.403 e. The largest absolute Gasteiger partial charge is 0.573 e. The van der Waals surface area contributed by atoms with Crippen LogP contribution in [-0.4, -0.2) is 19.1 Å². The summed E-state index contributed by atoms with van der Waals surface area (Å²) in [5, 5.41) is 0. The fourth-order valence-electron chi connectivity index (χ4n) is 5.43. The number of alkyl halides is 3. The smallest absolute Gasteiger partial charge is 0.403 e. The number of rotatable bonds is 5. The number of hydrogen-bond acceptors (Lipinski definition) is 2. The van der Waals surface area contributed by atoms with Gasteiger partial charge in [0, 0.05) is 12.2 Å². The van der Waals surface area contributed by atoms with Gasteiger partial charge in [-0.1, -0.05) is 18.2 Å². The SMILES string of the molecule is CCOC1CCC2CC(c3ccc(-c4ccc(OC(F)(F)F)c(F)c4)c(F)c3)CCC2C1. The predicted octanol–water partition coefficient (Wildman–Crippen LogP) is 7.62. The molecule has 4 unspecified atom stereocenters. The van der Waals surface area contributed by atoms with Crippen molar-refractivity contribution in [2.75, 3.05) is 6.61 Å². The minimum absolute atomic E-state index is 0.150. The Balaban J connectivity index is 1.46. The normalized spacial score (nSPS) is 25.9. The Hall–Kier alpha value is -2.15. The maximum absolute atomic E-state index is 14.9. The maximum Gasteiger partial charge on any atom is 0.573 e. The lowest BCUT2D eigenvalue weighted by Crippen LogP contribution is -2.33. The van der Waals surface area contributed by atoms with Crippen LogP contribution in [0, 0.1) is 23.5 Å². The Kier molecular flexibility index (Phi) is 6.75. The average Bonchev–Trinajstić information content (AvgIpc) is 2.74. The fourth-order valence-corrected chi connectivity index (χ4v) is 5.43. The van der Waals surface area contributed by atoms with Gasteiger partial charge in [-0.2, -0.15) is 0 Å². The van der Waals surface area contributed by atoms with Crippen molar-refractivity contribution < 1.29 is 31.4 Å². The van der Waals surface area contributed by atoms with Crippen molar-refractivity contribution in [2.24, 2.45) is 11.8 Å². The van der Waals surface area contributed by atoms with Crippen LogP contribution in [0.4, 0.5) is 22.0 Å². The molecule has 2 fully saturated rings. The molecule has 0 aliphatic heterocycles. The number of fused-ring (bicyclic) bond motifs is 1. The third-order valence-electron chi connectivity index (χ3n) is 6.90. The van der Waals surface area contributed by atoms with Gasteiger partial charge in [-0.15, -0.1) is 13.2 Å². The van der Waals surface area contributed by atoms with E-state index in [9.17, 15) is 22.0 Å². The van der Waals surface area contributed by atoms with E-state index in [1.165, 1.54) is 12.1 Å². The summed E-state index contributed by atoms with van der Waals surface area (Å²) >= 11 is 0. The molecule has 0 spiro atoms. The zero-order chi connectivity index (χ0) is 22.9. The first-order valence-electron chi connectivity index (χ1n) is 11.2. The summed E-state index contributed by atoms with van der Waals surface area (Å²) in [5.41, 5.74) is 1.24. The van der Waals surface area contributed by atoms with E-state index in [1.54, 1.807) is 6.07 Å². The number of halogens is 5. The number of ether oxygens (including phenoxy) is 2. The molecule has 32 heavy (non-hydrogen) atoms. The third-order valence-corrected chi connectivity index (χ3v) is 6.90. The Labute approximate surface area is 184 Å². The molecule has 0 heterocycles. The molecule has 2 aliphatic rings. The molecular weight excluding hydrogens is 427 g/mol. The standard InChI is InChI=1S/C25H27F5O2/c1-2-31-20-8-5-16-11-15(3-4-17(16)12-20)18-6-9-21(22(26)13-18)19-7-10-24(23(27)14-19)32-25(28,29)30/h6-7,9-10,13-17,20H,2-5,8,11-12H2,1H3. The zero-order valence-corrected chi connectivity index (χ0v) is 17.9. The van der Waals surface area contributed by atoms with E-state index in [0.717, 1.165) is 62.8 Å². The summed E-state index contributed by atoms with van der Waals surface area (Å²) in [5.74, 6) is -1.06. The van der Waals surface area contributed by atoms with E-state index in [2.05, 4.69) is 4.74 Å². The van der Waals surface area contributed by atoms with Crippen LogP contribution in [-0.2, 0) is 4.74 Å². The van der Waals surface area contributed by atoms with E-state index in [0.29, 0.717) is 17.9 Å². The van der Waals surface area contributed by atoms with Crippen molar-refractivity contribution in [3.8, 4) is 16.9 Å². The molecule has 2 aliphatic carbocycles. The molecule has 2 saturated carbocycles. The zero-order valence-electron chi connectivity index (χ0n) is 17.9. The van der Waals surface area contributed by atoms with Crippen molar-refractivity contribution in [3.05, 3.63) is 53.6 Å². The van der Waals surface area contributed by atoms with Crippen LogP contribution >= 0.6 is 0 Å². The Bertz CT molecular complexity index is 942. The highest BCUT2D eigenvalue weighted by Gasteiger charge is 2.36. The minimum atomic E-state index is -4.99. The highest BCUT2D eigenvalue weighted by molar-refractivity contribution is 5.65. The summed E-state index contributed by atoms with van der Waals surface area (Å²) in [6.45, 7) is 2.78. The average molecular weight is 454 g/mol. The van der Waals surface area contributed by atoms with Crippen LogP contribution in [0.3, 0.4) is 0 Å². The van der Waals surface area contributed by atoms with Crippen molar-refractivity contribution >= 4 is 0 Å². The van der Waals surface area contributed by atoms with Crippen molar-refractivity contribution in [1.29, 1.82) is 0 Å². The highest BCUT2D eigenvalue weighted by Crippen LogP contribution is 2.47. The van der Waals surface area contributed by atoms with Crippen LogP contribution in [0.1, 0.15) is 56.9 Å². The monoisotopic (exact) mass is 454 g/mol. The molecule has 7 heteroatoms. The number of benzene rings is 2. The molecule has 4 atom stereocenters. The maximum atomic E-state index is 14.9. The molecule has 174 valence electrons.